The maximum atomic E-state index is 11.6. The summed E-state index contributed by atoms with van der Waals surface area (Å²) < 4.78 is 0. The lowest BCUT2D eigenvalue weighted by molar-refractivity contribution is -0.126. The molecule has 2 aliphatic rings. The van der Waals surface area contributed by atoms with Gasteiger partial charge in [-0.3, -0.25) is 9.69 Å². The van der Waals surface area contributed by atoms with Crippen LogP contribution in [0.2, 0.25) is 0 Å². The Morgan fingerprint density at radius 1 is 1.35 bits per heavy atom. The highest BCUT2D eigenvalue weighted by atomic mass is 16.1. The van der Waals surface area contributed by atoms with Crippen LogP contribution in [0.3, 0.4) is 0 Å². The largest absolute Gasteiger partial charge is 0.359 e. The molecule has 4 nitrogen and oxygen atoms in total. The monoisotopic (exact) mass is 239 g/mol. The predicted octanol–water partition coefficient (Wildman–Crippen LogP) is 0.585. The molecule has 2 rings (SSSR count). The summed E-state index contributed by atoms with van der Waals surface area (Å²) in [7, 11) is 1.73. The van der Waals surface area contributed by atoms with Crippen LogP contribution in [0.1, 0.15) is 33.1 Å². The molecule has 1 unspecified atom stereocenters. The normalized spacial score (nSPS) is 30.4. The molecule has 0 radical (unpaired) electrons. The highest BCUT2D eigenvalue weighted by Crippen LogP contribution is 2.26. The zero-order valence-electron chi connectivity index (χ0n) is 11.3. The first kappa shape index (κ1) is 12.8. The molecule has 0 saturated carbocycles. The summed E-state index contributed by atoms with van der Waals surface area (Å²) in [5, 5.41) is 6.33. The second kappa shape index (κ2) is 4.94. The summed E-state index contributed by atoms with van der Waals surface area (Å²) in [6.07, 6.45) is 3.24. The van der Waals surface area contributed by atoms with E-state index in [-0.39, 0.29) is 17.4 Å². The van der Waals surface area contributed by atoms with E-state index in [0.29, 0.717) is 6.04 Å². The molecule has 2 aliphatic heterocycles. The zero-order chi connectivity index (χ0) is 12.5. The second-order valence-electron chi connectivity index (χ2n) is 6.05. The number of amides is 1. The van der Waals surface area contributed by atoms with Crippen LogP contribution in [0.4, 0.5) is 0 Å². The number of carbonyl (C=O) groups excluding carboxylic acids is 1. The highest BCUT2D eigenvalue weighted by molar-refractivity contribution is 5.78. The van der Waals surface area contributed by atoms with Crippen LogP contribution in [0, 0.1) is 5.92 Å². The predicted molar refractivity (Wildman–Crippen MR) is 68.9 cm³/mol. The molecule has 0 aromatic carbocycles. The van der Waals surface area contributed by atoms with E-state index in [9.17, 15) is 4.79 Å². The fraction of sp³-hybridized carbons (Fsp3) is 0.923. The first-order valence-electron chi connectivity index (χ1n) is 6.72. The summed E-state index contributed by atoms with van der Waals surface area (Å²) in [6.45, 7) is 7.77. The van der Waals surface area contributed by atoms with Crippen molar-refractivity contribution < 1.29 is 4.79 Å². The third kappa shape index (κ3) is 2.99. The van der Waals surface area contributed by atoms with Gasteiger partial charge in [0.1, 0.15) is 0 Å². The fourth-order valence-corrected chi connectivity index (χ4v) is 3.12. The molecule has 4 heteroatoms. The Morgan fingerprint density at radius 2 is 2.00 bits per heavy atom. The number of likely N-dealkylation sites (tertiary alicyclic amines) is 1. The maximum Gasteiger partial charge on any atom is 0.222 e. The van der Waals surface area contributed by atoms with Gasteiger partial charge in [-0.1, -0.05) is 0 Å². The van der Waals surface area contributed by atoms with Crippen molar-refractivity contribution in [1.82, 2.24) is 15.5 Å². The molecule has 0 aromatic heterocycles. The number of piperidine rings is 1. The van der Waals surface area contributed by atoms with E-state index in [4.69, 9.17) is 0 Å². The van der Waals surface area contributed by atoms with Crippen molar-refractivity contribution in [3.8, 4) is 0 Å². The molecule has 1 atom stereocenters. The number of hydrogen-bond acceptors (Lipinski definition) is 3. The lowest BCUT2D eigenvalue weighted by Gasteiger charge is -2.35. The van der Waals surface area contributed by atoms with Gasteiger partial charge in [0.2, 0.25) is 5.91 Å². The van der Waals surface area contributed by atoms with E-state index in [1.165, 1.54) is 6.42 Å². The van der Waals surface area contributed by atoms with E-state index >= 15 is 0 Å². The SMILES string of the molecule is CNC(=O)C1CCN(C2CNC(C)(C)C2)CC1. The van der Waals surface area contributed by atoms with Crippen molar-refractivity contribution in [3.63, 3.8) is 0 Å². The highest BCUT2D eigenvalue weighted by Gasteiger charge is 2.35. The third-order valence-electron chi connectivity index (χ3n) is 4.23. The molecule has 98 valence electrons. The van der Waals surface area contributed by atoms with Gasteiger partial charge >= 0.3 is 0 Å². The van der Waals surface area contributed by atoms with Crippen LogP contribution in [0.5, 0.6) is 0 Å². The van der Waals surface area contributed by atoms with Crippen molar-refractivity contribution in [2.75, 3.05) is 26.7 Å². The quantitative estimate of drug-likeness (QED) is 0.741. The molecule has 2 saturated heterocycles. The van der Waals surface area contributed by atoms with Crippen LogP contribution in [-0.2, 0) is 4.79 Å². The molecule has 1 amide bonds. The molecule has 17 heavy (non-hydrogen) atoms. The molecule has 0 spiro atoms. The molecule has 0 aliphatic carbocycles. The lowest BCUT2D eigenvalue weighted by Crippen LogP contribution is -2.45. The standard InChI is InChI=1S/C13H25N3O/c1-13(2)8-11(9-15-13)16-6-4-10(5-7-16)12(17)14-3/h10-11,15H,4-9H2,1-3H3,(H,14,17). The van der Waals surface area contributed by atoms with E-state index < -0.39 is 0 Å². The van der Waals surface area contributed by atoms with E-state index in [2.05, 4.69) is 29.4 Å². The summed E-state index contributed by atoms with van der Waals surface area (Å²) in [6, 6.07) is 0.663. The number of nitrogens with one attached hydrogen (secondary N) is 2. The number of carbonyl (C=O) groups is 1. The first-order chi connectivity index (χ1) is 8.02. The average molecular weight is 239 g/mol. The fourth-order valence-electron chi connectivity index (χ4n) is 3.12. The minimum Gasteiger partial charge on any atom is -0.359 e. The van der Waals surface area contributed by atoms with Crippen molar-refractivity contribution >= 4 is 5.91 Å². The van der Waals surface area contributed by atoms with Gasteiger partial charge in [-0.2, -0.15) is 0 Å². The number of rotatable bonds is 2. The van der Waals surface area contributed by atoms with Gasteiger partial charge in [-0.15, -0.1) is 0 Å². The van der Waals surface area contributed by atoms with Crippen LogP contribution in [-0.4, -0.2) is 49.1 Å². The molecule has 0 aromatic rings. The van der Waals surface area contributed by atoms with Crippen molar-refractivity contribution in [2.45, 2.75) is 44.7 Å². The Hall–Kier alpha value is -0.610. The number of hydrogen-bond donors (Lipinski definition) is 2. The van der Waals surface area contributed by atoms with Crippen molar-refractivity contribution in [1.29, 1.82) is 0 Å². The van der Waals surface area contributed by atoms with E-state index in [1.54, 1.807) is 7.05 Å². The van der Waals surface area contributed by atoms with Gasteiger partial charge in [0.15, 0.2) is 0 Å². The lowest BCUT2D eigenvalue weighted by atomic mass is 9.93. The molecular weight excluding hydrogens is 214 g/mol. The first-order valence-corrected chi connectivity index (χ1v) is 6.72. The summed E-state index contributed by atoms with van der Waals surface area (Å²) in [4.78, 5) is 14.1. The van der Waals surface area contributed by atoms with E-state index in [0.717, 1.165) is 32.5 Å². The van der Waals surface area contributed by atoms with Crippen LogP contribution in [0.15, 0.2) is 0 Å². The average Bonchev–Trinajstić information content (AvgIpc) is 2.69. The third-order valence-corrected chi connectivity index (χ3v) is 4.23. The Morgan fingerprint density at radius 3 is 2.47 bits per heavy atom. The Kier molecular flexibility index (Phi) is 3.73. The van der Waals surface area contributed by atoms with Gasteiger partial charge in [-0.25, -0.2) is 0 Å². The Bertz CT molecular complexity index is 282. The van der Waals surface area contributed by atoms with Gasteiger partial charge in [-0.05, 0) is 46.2 Å². The molecule has 2 fully saturated rings. The van der Waals surface area contributed by atoms with E-state index in [1.807, 2.05) is 0 Å². The summed E-state index contributed by atoms with van der Waals surface area (Å²) in [5.74, 6) is 0.452. The Balaban J connectivity index is 1.82. The molecule has 0 bridgehead atoms. The van der Waals surface area contributed by atoms with Gasteiger partial charge in [0.05, 0.1) is 0 Å². The van der Waals surface area contributed by atoms with Gasteiger partial charge < -0.3 is 10.6 Å². The molecule has 2 heterocycles. The van der Waals surface area contributed by atoms with Crippen molar-refractivity contribution in [3.05, 3.63) is 0 Å². The van der Waals surface area contributed by atoms with Gasteiger partial charge in [0, 0.05) is 31.1 Å². The minimum atomic E-state index is 0.217. The van der Waals surface area contributed by atoms with Crippen molar-refractivity contribution in [2.24, 2.45) is 5.92 Å². The molecule has 2 N–H and O–H groups in total. The zero-order valence-corrected chi connectivity index (χ0v) is 11.3. The Labute approximate surface area is 104 Å². The smallest absolute Gasteiger partial charge is 0.222 e. The maximum absolute atomic E-state index is 11.6. The molecular formula is C13H25N3O. The van der Waals surface area contributed by atoms with Gasteiger partial charge in [0.25, 0.3) is 0 Å². The summed E-state index contributed by atoms with van der Waals surface area (Å²) >= 11 is 0. The minimum absolute atomic E-state index is 0.217. The summed E-state index contributed by atoms with van der Waals surface area (Å²) in [5.41, 5.74) is 0.280. The number of nitrogens with zero attached hydrogens (tertiary/aromatic N) is 1. The van der Waals surface area contributed by atoms with Crippen LogP contribution < -0.4 is 10.6 Å². The van der Waals surface area contributed by atoms with Crippen LogP contribution >= 0.6 is 0 Å². The topological polar surface area (TPSA) is 44.4 Å². The second-order valence-corrected chi connectivity index (χ2v) is 6.05. The van der Waals surface area contributed by atoms with Crippen LogP contribution in [0.25, 0.3) is 0 Å².